The van der Waals surface area contributed by atoms with Gasteiger partial charge in [-0.15, -0.1) is 0 Å². The highest BCUT2D eigenvalue weighted by Crippen LogP contribution is 2.40. The van der Waals surface area contributed by atoms with E-state index >= 15 is 0 Å². The minimum Gasteiger partial charge on any atom is -0.340 e. The summed E-state index contributed by atoms with van der Waals surface area (Å²) in [6.07, 6.45) is 0.0388. The highest BCUT2D eigenvalue weighted by Gasteiger charge is 2.34. The summed E-state index contributed by atoms with van der Waals surface area (Å²) in [5.74, 6) is -0.790. The van der Waals surface area contributed by atoms with Gasteiger partial charge < -0.3 is 15.5 Å². The van der Waals surface area contributed by atoms with E-state index in [4.69, 9.17) is 23.2 Å². The maximum Gasteiger partial charge on any atom is 0.258 e. The molecule has 3 aromatic rings. The monoisotopic (exact) mass is 524 g/mol. The number of nitrogens with zero attached hydrogens (tertiary/aromatic N) is 2. The SMILES string of the molecule is CNCCN(C)C(=O)c1ccc2c(c1)NC(=O)CC(c1ccccc1)N2C(=O)c1ccc(Cl)c(Cl)c1. The Bertz CT molecular complexity index is 1300. The number of rotatable bonds is 6. The Kier molecular flexibility index (Phi) is 7.94. The molecule has 0 aliphatic carbocycles. The van der Waals surface area contributed by atoms with Crippen LogP contribution in [0.3, 0.4) is 0 Å². The summed E-state index contributed by atoms with van der Waals surface area (Å²) in [4.78, 5) is 43.1. The largest absolute Gasteiger partial charge is 0.340 e. The van der Waals surface area contributed by atoms with Gasteiger partial charge in [0, 0.05) is 31.3 Å². The van der Waals surface area contributed by atoms with E-state index < -0.39 is 6.04 Å². The third-order valence-electron chi connectivity index (χ3n) is 6.08. The van der Waals surface area contributed by atoms with Crippen LogP contribution in [-0.4, -0.2) is 49.8 Å². The Hall–Kier alpha value is -3.39. The minimum atomic E-state index is -0.575. The van der Waals surface area contributed by atoms with Gasteiger partial charge in [-0.1, -0.05) is 53.5 Å². The summed E-state index contributed by atoms with van der Waals surface area (Å²) < 4.78 is 0. The lowest BCUT2D eigenvalue weighted by molar-refractivity contribution is -0.116. The van der Waals surface area contributed by atoms with Crippen LogP contribution in [0.5, 0.6) is 0 Å². The van der Waals surface area contributed by atoms with Crippen LogP contribution in [0.2, 0.25) is 10.0 Å². The second-order valence-electron chi connectivity index (χ2n) is 8.55. The molecule has 1 atom stereocenters. The molecule has 0 saturated heterocycles. The van der Waals surface area contributed by atoms with Crippen molar-refractivity contribution in [2.24, 2.45) is 0 Å². The molecule has 0 bridgehead atoms. The summed E-state index contributed by atoms with van der Waals surface area (Å²) in [5.41, 5.74) is 2.42. The van der Waals surface area contributed by atoms with Crippen LogP contribution in [0, 0.1) is 0 Å². The lowest BCUT2D eigenvalue weighted by Crippen LogP contribution is -2.35. The fraction of sp³-hybridized carbons (Fsp3) is 0.222. The number of carbonyl (C=O) groups is 3. The van der Waals surface area contributed by atoms with Crippen LogP contribution >= 0.6 is 23.2 Å². The van der Waals surface area contributed by atoms with Gasteiger partial charge >= 0.3 is 0 Å². The molecule has 0 radical (unpaired) electrons. The molecule has 1 aliphatic rings. The van der Waals surface area contributed by atoms with Gasteiger partial charge in [-0.05, 0) is 49.0 Å². The molecule has 9 heteroatoms. The molecular weight excluding hydrogens is 499 g/mol. The van der Waals surface area contributed by atoms with Crippen molar-refractivity contribution in [1.82, 2.24) is 10.2 Å². The van der Waals surface area contributed by atoms with Crippen molar-refractivity contribution < 1.29 is 14.4 Å². The van der Waals surface area contributed by atoms with Crippen LogP contribution < -0.4 is 15.5 Å². The van der Waals surface area contributed by atoms with Crippen molar-refractivity contribution in [2.45, 2.75) is 12.5 Å². The molecule has 1 heterocycles. The zero-order valence-corrected chi connectivity index (χ0v) is 21.4. The Balaban J connectivity index is 1.82. The maximum atomic E-state index is 13.9. The molecule has 3 aromatic carbocycles. The van der Waals surface area contributed by atoms with Crippen molar-refractivity contribution in [3.63, 3.8) is 0 Å². The first-order valence-corrected chi connectivity index (χ1v) is 12.2. The lowest BCUT2D eigenvalue weighted by atomic mass is 10.00. The molecule has 1 aliphatic heterocycles. The Labute approximate surface area is 220 Å². The number of halogens is 2. The predicted molar refractivity (Wildman–Crippen MR) is 143 cm³/mol. The zero-order chi connectivity index (χ0) is 25.8. The van der Waals surface area contributed by atoms with E-state index in [2.05, 4.69) is 10.6 Å². The van der Waals surface area contributed by atoms with Crippen LogP contribution in [-0.2, 0) is 4.79 Å². The molecule has 3 amide bonds. The lowest BCUT2D eigenvalue weighted by Gasteiger charge is -2.31. The van der Waals surface area contributed by atoms with Crippen molar-refractivity contribution in [3.05, 3.63) is 93.5 Å². The van der Waals surface area contributed by atoms with Crippen LogP contribution in [0.1, 0.15) is 38.7 Å². The Morgan fingerprint density at radius 3 is 2.44 bits per heavy atom. The van der Waals surface area contributed by atoms with Crippen molar-refractivity contribution in [1.29, 1.82) is 0 Å². The average Bonchev–Trinajstić information content (AvgIpc) is 3.03. The first-order chi connectivity index (χ1) is 17.3. The van der Waals surface area contributed by atoms with E-state index in [-0.39, 0.29) is 29.2 Å². The number of hydrogen-bond acceptors (Lipinski definition) is 4. The molecule has 1 unspecified atom stereocenters. The predicted octanol–water partition coefficient (Wildman–Crippen LogP) is 5.02. The summed E-state index contributed by atoms with van der Waals surface area (Å²) in [6, 6.07) is 18.5. The van der Waals surface area contributed by atoms with Gasteiger partial charge in [0.15, 0.2) is 0 Å². The first kappa shape index (κ1) is 25.7. The van der Waals surface area contributed by atoms with Gasteiger partial charge in [0.25, 0.3) is 11.8 Å². The third-order valence-corrected chi connectivity index (χ3v) is 6.82. The van der Waals surface area contributed by atoms with Crippen LogP contribution in [0.25, 0.3) is 0 Å². The smallest absolute Gasteiger partial charge is 0.258 e. The minimum absolute atomic E-state index is 0.0388. The zero-order valence-electron chi connectivity index (χ0n) is 19.9. The van der Waals surface area contributed by atoms with E-state index in [1.54, 1.807) is 47.2 Å². The number of likely N-dealkylation sites (N-methyl/N-ethyl adjacent to an activating group) is 2. The number of carbonyl (C=O) groups excluding carboxylic acids is 3. The molecule has 4 rings (SSSR count). The number of nitrogens with one attached hydrogen (secondary N) is 2. The van der Waals surface area contributed by atoms with E-state index in [0.29, 0.717) is 40.6 Å². The Morgan fingerprint density at radius 1 is 1.03 bits per heavy atom. The van der Waals surface area contributed by atoms with Crippen LogP contribution in [0.4, 0.5) is 11.4 Å². The second kappa shape index (κ2) is 11.1. The molecule has 7 nitrogen and oxygen atoms in total. The van der Waals surface area contributed by atoms with Gasteiger partial charge in [-0.3, -0.25) is 19.3 Å². The first-order valence-electron chi connectivity index (χ1n) is 11.5. The number of hydrogen-bond donors (Lipinski definition) is 2. The molecule has 0 saturated carbocycles. The van der Waals surface area contributed by atoms with Crippen molar-refractivity contribution in [3.8, 4) is 0 Å². The van der Waals surface area contributed by atoms with E-state index in [1.807, 2.05) is 37.4 Å². The molecule has 186 valence electrons. The average molecular weight is 525 g/mol. The van der Waals surface area contributed by atoms with Gasteiger partial charge in [0.2, 0.25) is 5.91 Å². The van der Waals surface area contributed by atoms with Gasteiger partial charge in [-0.25, -0.2) is 0 Å². The maximum absolute atomic E-state index is 13.9. The number of anilines is 2. The van der Waals surface area contributed by atoms with Crippen LogP contribution in [0.15, 0.2) is 66.7 Å². The summed E-state index contributed by atoms with van der Waals surface area (Å²) in [7, 11) is 3.54. The standard InChI is InChI=1S/C27H26Cl2N4O3/c1-30-12-13-32(2)26(35)19-9-11-23-22(15-19)31-25(34)16-24(17-6-4-3-5-7-17)33(23)27(36)18-8-10-20(28)21(29)14-18/h3-11,14-15,24,30H,12-13,16H2,1-2H3,(H,31,34). The van der Waals surface area contributed by atoms with Gasteiger partial charge in [0.1, 0.15) is 0 Å². The normalized spacial score (nSPS) is 15.1. The molecule has 2 N–H and O–H groups in total. The summed E-state index contributed by atoms with van der Waals surface area (Å²) in [6.45, 7) is 1.17. The summed E-state index contributed by atoms with van der Waals surface area (Å²) >= 11 is 12.3. The fourth-order valence-corrected chi connectivity index (χ4v) is 4.48. The van der Waals surface area contributed by atoms with E-state index in [9.17, 15) is 14.4 Å². The fourth-order valence-electron chi connectivity index (χ4n) is 4.18. The van der Waals surface area contributed by atoms with Crippen molar-refractivity contribution in [2.75, 3.05) is 37.4 Å². The molecular formula is C27H26Cl2N4O3. The van der Waals surface area contributed by atoms with E-state index in [0.717, 1.165) is 5.56 Å². The Morgan fingerprint density at radius 2 is 1.75 bits per heavy atom. The molecule has 36 heavy (non-hydrogen) atoms. The number of amides is 3. The highest BCUT2D eigenvalue weighted by atomic mass is 35.5. The quantitative estimate of drug-likeness (QED) is 0.474. The molecule has 0 fully saturated rings. The highest BCUT2D eigenvalue weighted by molar-refractivity contribution is 6.42. The summed E-state index contributed by atoms with van der Waals surface area (Å²) in [5, 5.41) is 6.51. The topological polar surface area (TPSA) is 81.8 Å². The van der Waals surface area contributed by atoms with Crippen molar-refractivity contribution >= 4 is 52.3 Å². The van der Waals surface area contributed by atoms with Gasteiger partial charge in [0.05, 0.1) is 33.9 Å². The number of benzene rings is 3. The number of fused-ring (bicyclic) bond motifs is 1. The molecule has 0 aromatic heterocycles. The molecule has 0 spiro atoms. The second-order valence-corrected chi connectivity index (χ2v) is 9.36. The van der Waals surface area contributed by atoms with E-state index in [1.165, 1.54) is 6.07 Å². The third kappa shape index (κ3) is 5.38. The van der Waals surface area contributed by atoms with Gasteiger partial charge in [-0.2, -0.15) is 0 Å².